The van der Waals surface area contributed by atoms with Crippen LogP contribution in [-0.4, -0.2) is 4.98 Å². The smallest absolute Gasteiger partial charge is 0.192 e. The van der Waals surface area contributed by atoms with Crippen molar-refractivity contribution >= 4 is 10.9 Å². The van der Waals surface area contributed by atoms with Crippen molar-refractivity contribution < 1.29 is 0 Å². The zero-order chi connectivity index (χ0) is 14.8. The molecule has 21 heavy (non-hydrogen) atoms. The summed E-state index contributed by atoms with van der Waals surface area (Å²) < 4.78 is 0. The lowest BCUT2D eigenvalue weighted by molar-refractivity contribution is 1.04. The van der Waals surface area contributed by atoms with Gasteiger partial charge in [-0.15, -0.1) is 0 Å². The number of rotatable bonds is 3. The predicted octanol–water partition coefficient (Wildman–Crippen LogP) is 3.99. The summed E-state index contributed by atoms with van der Waals surface area (Å²) in [6, 6.07) is 16.3. The summed E-state index contributed by atoms with van der Waals surface area (Å²) in [5, 5.41) is 0.797. The van der Waals surface area contributed by atoms with Crippen LogP contribution < -0.4 is 5.43 Å². The van der Waals surface area contributed by atoms with Crippen LogP contribution in [0.4, 0.5) is 0 Å². The average molecular weight is 277 g/mol. The van der Waals surface area contributed by atoms with Crippen molar-refractivity contribution in [2.75, 3.05) is 0 Å². The fourth-order valence-corrected chi connectivity index (χ4v) is 2.92. The van der Waals surface area contributed by atoms with Crippen molar-refractivity contribution in [3.8, 4) is 0 Å². The maximum Gasteiger partial charge on any atom is 0.192 e. The van der Waals surface area contributed by atoms with Crippen LogP contribution >= 0.6 is 0 Å². The summed E-state index contributed by atoms with van der Waals surface area (Å²) in [6.45, 7) is 4.01. The highest BCUT2D eigenvalue weighted by atomic mass is 16.1. The lowest BCUT2D eigenvalue weighted by Gasteiger charge is -2.10. The molecule has 2 nitrogen and oxygen atoms in total. The molecule has 0 saturated heterocycles. The van der Waals surface area contributed by atoms with Gasteiger partial charge in [-0.05, 0) is 37.0 Å². The minimum Gasteiger partial charge on any atom is -0.358 e. The fourth-order valence-electron chi connectivity index (χ4n) is 2.92. The molecule has 1 N–H and O–H groups in total. The molecule has 2 heteroatoms. The van der Waals surface area contributed by atoms with E-state index in [9.17, 15) is 4.79 Å². The molecule has 0 aliphatic rings. The van der Waals surface area contributed by atoms with Crippen LogP contribution in [0.1, 0.15) is 29.3 Å². The van der Waals surface area contributed by atoms with Crippen molar-refractivity contribution in [1.82, 2.24) is 4.98 Å². The van der Waals surface area contributed by atoms with Gasteiger partial charge in [0.05, 0.1) is 5.52 Å². The number of nitrogens with one attached hydrogen (secondary N) is 1. The average Bonchev–Trinajstić information content (AvgIpc) is 2.50. The molecule has 106 valence electrons. The molecule has 3 aromatic rings. The van der Waals surface area contributed by atoms with Crippen molar-refractivity contribution in [2.45, 2.75) is 26.7 Å². The molecule has 0 aliphatic carbocycles. The molecule has 0 bridgehead atoms. The summed E-state index contributed by atoms with van der Waals surface area (Å²) in [7, 11) is 0. The standard InChI is InChI=1S/C19H19NO/c1-3-16-13(2)20-18-15(10-7-11-17(18)19(16)21)12-14-8-5-4-6-9-14/h4-11H,3,12H2,1-2H3,(H,20,21). The van der Waals surface area contributed by atoms with Crippen molar-refractivity contribution in [3.05, 3.63) is 81.1 Å². The number of pyridine rings is 1. The van der Waals surface area contributed by atoms with Crippen molar-refractivity contribution in [3.63, 3.8) is 0 Å². The van der Waals surface area contributed by atoms with E-state index in [4.69, 9.17) is 0 Å². The van der Waals surface area contributed by atoms with E-state index < -0.39 is 0 Å². The minimum absolute atomic E-state index is 0.165. The first-order chi connectivity index (χ1) is 10.2. The van der Waals surface area contributed by atoms with E-state index in [2.05, 4.69) is 23.2 Å². The number of aryl methyl sites for hydroxylation is 1. The summed E-state index contributed by atoms with van der Waals surface area (Å²) in [4.78, 5) is 16.0. The number of H-pyrrole nitrogens is 1. The van der Waals surface area contributed by atoms with E-state index in [0.717, 1.165) is 35.0 Å². The first-order valence-electron chi connectivity index (χ1n) is 7.38. The quantitative estimate of drug-likeness (QED) is 0.771. The molecule has 0 amide bonds. The lowest BCUT2D eigenvalue weighted by Crippen LogP contribution is -2.13. The van der Waals surface area contributed by atoms with E-state index in [1.807, 2.05) is 44.2 Å². The Hall–Kier alpha value is -2.35. The van der Waals surface area contributed by atoms with Crippen molar-refractivity contribution in [1.29, 1.82) is 0 Å². The Morgan fingerprint density at radius 2 is 1.76 bits per heavy atom. The molecule has 0 radical (unpaired) electrons. The molecule has 3 rings (SSSR count). The van der Waals surface area contributed by atoms with Crippen LogP contribution in [0.25, 0.3) is 10.9 Å². The lowest BCUT2D eigenvalue weighted by atomic mass is 9.99. The van der Waals surface area contributed by atoms with E-state index >= 15 is 0 Å². The van der Waals surface area contributed by atoms with Crippen LogP contribution in [0.5, 0.6) is 0 Å². The number of benzene rings is 2. The van der Waals surface area contributed by atoms with Gasteiger partial charge in [0.2, 0.25) is 0 Å². The highest BCUT2D eigenvalue weighted by Gasteiger charge is 2.10. The van der Waals surface area contributed by atoms with Crippen LogP contribution in [0.2, 0.25) is 0 Å². The second kappa shape index (κ2) is 5.57. The first-order valence-corrected chi connectivity index (χ1v) is 7.38. The van der Waals surface area contributed by atoms with Crippen LogP contribution in [0.3, 0.4) is 0 Å². The number of aromatic amines is 1. The molecule has 0 aliphatic heterocycles. The Labute approximate surface area is 124 Å². The van der Waals surface area contributed by atoms with Gasteiger partial charge in [-0.25, -0.2) is 0 Å². The van der Waals surface area contributed by atoms with Gasteiger partial charge in [0, 0.05) is 16.6 Å². The van der Waals surface area contributed by atoms with Gasteiger partial charge in [0.1, 0.15) is 0 Å². The number of hydrogen-bond acceptors (Lipinski definition) is 1. The molecule has 1 aromatic heterocycles. The minimum atomic E-state index is 0.165. The monoisotopic (exact) mass is 277 g/mol. The molecule has 0 unspecified atom stereocenters. The Kier molecular flexibility index (Phi) is 3.61. The normalized spacial score (nSPS) is 11.0. The molecule has 0 saturated carbocycles. The molecular weight excluding hydrogens is 258 g/mol. The van der Waals surface area contributed by atoms with E-state index in [1.165, 1.54) is 11.1 Å². The molecule has 2 aromatic carbocycles. The van der Waals surface area contributed by atoms with E-state index in [1.54, 1.807) is 0 Å². The fraction of sp³-hybridized carbons (Fsp3) is 0.211. The summed E-state index contributed by atoms with van der Waals surface area (Å²) >= 11 is 0. The third kappa shape index (κ3) is 2.49. The van der Waals surface area contributed by atoms with Crippen LogP contribution in [-0.2, 0) is 12.8 Å². The van der Waals surface area contributed by atoms with Crippen LogP contribution in [0.15, 0.2) is 53.3 Å². The highest BCUT2D eigenvalue weighted by Crippen LogP contribution is 2.19. The Balaban J connectivity index is 2.19. The third-order valence-electron chi connectivity index (χ3n) is 4.03. The second-order valence-electron chi connectivity index (χ2n) is 5.41. The van der Waals surface area contributed by atoms with E-state index in [0.29, 0.717) is 0 Å². The molecule has 0 spiro atoms. The molecule has 1 heterocycles. The maximum absolute atomic E-state index is 12.6. The summed E-state index contributed by atoms with van der Waals surface area (Å²) in [5.41, 5.74) is 5.43. The maximum atomic E-state index is 12.6. The topological polar surface area (TPSA) is 32.9 Å². The highest BCUT2D eigenvalue weighted by molar-refractivity contribution is 5.83. The zero-order valence-corrected chi connectivity index (χ0v) is 12.4. The van der Waals surface area contributed by atoms with Crippen molar-refractivity contribution in [2.24, 2.45) is 0 Å². The van der Waals surface area contributed by atoms with Gasteiger partial charge in [0.25, 0.3) is 0 Å². The number of para-hydroxylation sites is 1. The van der Waals surface area contributed by atoms with Gasteiger partial charge in [-0.3, -0.25) is 4.79 Å². The molecule has 0 atom stereocenters. The summed E-state index contributed by atoms with van der Waals surface area (Å²) in [6.07, 6.45) is 1.60. The number of aromatic nitrogens is 1. The van der Waals surface area contributed by atoms with Gasteiger partial charge in [-0.1, -0.05) is 49.4 Å². The summed E-state index contributed by atoms with van der Waals surface area (Å²) in [5.74, 6) is 0. The number of fused-ring (bicyclic) bond motifs is 1. The second-order valence-corrected chi connectivity index (χ2v) is 5.41. The SMILES string of the molecule is CCc1c(C)[nH]c2c(Cc3ccccc3)cccc2c1=O. The number of hydrogen-bond donors (Lipinski definition) is 1. The van der Waals surface area contributed by atoms with Gasteiger partial charge < -0.3 is 4.98 Å². The largest absolute Gasteiger partial charge is 0.358 e. The van der Waals surface area contributed by atoms with Gasteiger partial charge in [0.15, 0.2) is 5.43 Å². The Bertz CT molecular complexity index is 831. The zero-order valence-electron chi connectivity index (χ0n) is 12.4. The predicted molar refractivity (Wildman–Crippen MR) is 87.9 cm³/mol. The van der Waals surface area contributed by atoms with Crippen LogP contribution in [0, 0.1) is 6.92 Å². The third-order valence-corrected chi connectivity index (χ3v) is 4.03. The molecular formula is C19H19NO. The van der Waals surface area contributed by atoms with E-state index in [-0.39, 0.29) is 5.43 Å². The van der Waals surface area contributed by atoms with Gasteiger partial charge in [-0.2, -0.15) is 0 Å². The Morgan fingerprint density at radius 3 is 2.48 bits per heavy atom. The molecule has 0 fully saturated rings. The first kappa shape index (κ1) is 13.6. The van der Waals surface area contributed by atoms with Gasteiger partial charge >= 0.3 is 0 Å². The Morgan fingerprint density at radius 1 is 1.00 bits per heavy atom.